The molecular formula is C19H27N3O3S. The molecule has 2 heterocycles. The predicted octanol–water partition coefficient (Wildman–Crippen LogP) is 1.11. The number of ether oxygens (including phenoxy) is 1. The van der Waals surface area contributed by atoms with Crippen molar-refractivity contribution in [1.29, 1.82) is 0 Å². The van der Waals surface area contributed by atoms with Crippen LogP contribution in [0.5, 0.6) is 0 Å². The van der Waals surface area contributed by atoms with Gasteiger partial charge in [0, 0.05) is 37.6 Å². The van der Waals surface area contributed by atoms with Crippen LogP contribution in [0.3, 0.4) is 0 Å². The Hall–Kier alpha value is -1.57. The second kappa shape index (κ2) is 9.39. The van der Waals surface area contributed by atoms with Crippen LogP contribution in [0.2, 0.25) is 0 Å². The highest BCUT2D eigenvalue weighted by Gasteiger charge is 2.33. The first-order valence-electron chi connectivity index (χ1n) is 9.15. The summed E-state index contributed by atoms with van der Waals surface area (Å²) in [5, 5.41) is 6.29. The van der Waals surface area contributed by atoms with Crippen molar-refractivity contribution in [1.82, 2.24) is 15.5 Å². The number of amides is 2. The van der Waals surface area contributed by atoms with E-state index in [2.05, 4.69) is 22.8 Å². The van der Waals surface area contributed by atoms with Crippen molar-refractivity contribution in [3.63, 3.8) is 0 Å². The Morgan fingerprint density at radius 2 is 2.04 bits per heavy atom. The van der Waals surface area contributed by atoms with Crippen LogP contribution in [0.25, 0.3) is 0 Å². The van der Waals surface area contributed by atoms with Crippen molar-refractivity contribution < 1.29 is 14.3 Å². The van der Waals surface area contributed by atoms with Crippen LogP contribution >= 0.6 is 11.8 Å². The van der Waals surface area contributed by atoms with Crippen LogP contribution in [-0.2, 0) is 20.9 Å². The lowest BCUT2D eigenvalue weighted by molar-refractivity contribution is -0.141. The van der Waals surface area contributed by atoms with E-state index >= 15 is 0 Å². The molecule has 2 aliphatic rings. The van der Waals surface area contributed by atoms with Crippen molar-refractivity contribution >= 4 is 23.6 Å². The third-order valence-corrected chi connectivity index (χ3v) is 5.72. The van der Waals surface area contributed by atoms with E-state index in [4.69, 9.17) is 4.74 Å². The summed E-state index contributed by atoms with van der Waals surface area (Å²) in [6.07, 6.45) is 2.65. The number of thioether (sulfide) groups is 1. The standard InChI is InChI=1S/C19H27N3O3S/c1-26-17-4-2-3-14(9-17)11-21-18(23)15-10-16(13-20-12-15)19(24)22-5-7-25-8-6-22/h2-4,9,15-16,20H,5-8,10-13H2,1H3,(H,21,23)/t15-,16-/m0/s1. The highest BCUT2D eigenvalue weighted by Crippen LogP contribution is 2.20. The summed E-state index contributed by atoms with van der Waals surface area (Å²) < 4.78 is 5.31. The maximum Gasteiger partial charge on any atom is 0.227 e. The van der Waals surface area contributed by atoms with Gasteiger partial charge in [-0.05, 0) is 30.4 Å². The van der Waals surface area contributed by atoms with Crippen molar-refractivity contribution in [3.8, 4) is 0 Å². The van der Waals surface area contributed by atoms with Gasteiger partial charge in [0.2, 0.25) is 11.8 Å². The summed E-state index contributed by atoms with van der Waals surface area (Å²) in [6, 6.07) is 8.17. The van der Waals surface area contributed by atoms with Gasteiger partial charge in [-0.15, -0.1) is 11.8 Å². The first kappa shape index (κ1) is 19.2. The summed E-state index contributed by atoms with van der Waals surface area (Å²) in [7, 11) is 0. The van der Waals surface area contributed by atoms with Crippen molar-refractivity contribution in [2.24, 2.45) is 11.8 Å². The number of carbonyl (C=O) groups is 2. The number of hydrogen-bond acceptors (Lipinski definition) is 5. The molecule has 2 atom stereocenters. The van der Waals surface area contributed by atoms with Crippen LogP contribution in [-0.4, -0.2) is 62.4 Å². The lowest BCUT2D eigenvalue weighted by Crippen LogP contribution is -2.51. The molecular weight excluding hydrogens is 350 g/mol. The molecule has 3 rings (SSSR count). The molecule has 0 radical (unpaired) electrons. The summed E-state index contributed by atoms with van der Waals surface area (Å²) in [5.74, 6) is -0.127. The molecule has 1 aromatic rings. The van der Waals surface area contributed by atoms with E-state index in [1.807, 2.05) is 23.3 Å². The molecule has 0 aromatic heterocycles. The minimum absolute atomic E-state index is 0.0199. The number of piperidine rings is 1. The molecule has 26 heavy (non-hydrogen) atoms. The van der Waals surface area contributed by atoms with E-state index in [9.17, 15) is 9.59 Å². The smallest absolute Gasteiger partial charge is 0.227 e. The Bertz CT molecular complexity index is 634. The van der Waals surface area contributed by atoms with E-state index < -0.39 is 0 Å². The largest absolute Gasteiger partial charge is 0.378 e. The van der Waals surface area contributed by atoms with Crippen LogP contribution in [0.15, 0.2) is 29.2 Å². The molecule has 0 unspecified atom stereocenters. The Morgan fingerprint density at radius 3 is 2.81 bits per heavy atom. The molecule has 7 heteroatoms. The third kappa shape index (κ3) is 4.99. The van der Waals surface area contributed by atoms with E-state index in [1.165, 1.54) is 4.90 Å². The maximum atomic E-state index is 12.7. The number of benzene rings is 1. The number of nitrogens with zero attached hydrogens (tertiary/aromatic N) is 1. The molecule has 0 aliphatic carbocycles. The van der Waals surface area contributed by atoms with Crippen molar-refractivity contribution in [2.75, 3.05) is 45.6 Å². The Morgan fingerprint density at radius 1 is 1.27 bits per heavy atom. The SMILES string of the molecule is CSc1cccc(CNC(=O)[C@@H]2CNC[C@@H](C(=O)N3CCOCC3)C2)c1. The monoisotopic (exact) mass is 377 g/mol. The lowest BCUT2D eigenvalue weighted by atomic mass is 9.88. The topological polar surface area (TPSA) is 70.7 Å². The predicted molar refractivity (Wildman–Crippen MR) is 102 cm³/mol. The van der Waals surface area contributed by atoms with Gasteiger partial charge in [-0.3, -0.25) is 9.59 Å². The van der Waals surface area contributed by atoms with E-state index in [1.54, 1.807) is 11.8 Å². The highest BCUT2D eigenvalue weighted by molar-refractivity contribution is 7.98. The van der Waals surface area contributed by atoms with Gasteiger partial charge in [0.05, 0.1) is 25.0 Å². The summed E-state index contributed by atoms with van der Waals surface area (Å²) in [5.41, 5.74) is 1.09. The van der Waals surface area contributed by atoms with Crippen LogP contribution in [0, 0.1) is 11.8 Å². The van der Waals surface area contributed by atoms with Crippen molar-refractivity contribution in [3.05, 3.63) is 29.8 Å². The fourth-order valence-corrected chi connectivity index (χ4v) is 3.97. The molecule has 2 fully saturated rings. The maximum absolute atomic E-state index is 12.7. The fraction of sp³-hybridized carbons (Fsp3) is 0.579. The first-order valence-corrected chi connectivity index (χ1v) is 10.4. The van der Waals surface area contributed by atoms with Crippen LogP contribution < -0.4 is 10.6 Å². The van der Waals surface area contributed by atoms with Gasteiger partial charge in [0.1, 0.15) is 0 Å². The van der Waals surface area contributed by atoms with Crippen LogP contribution in [0.4, 0.5) is 0 Å². The van der Waals surface area contributed by atoms with E-state index in [0.29, 0.717) is 52.4 Å². The first-order chi connectivity index (χ1) is 12.7. The molecule has 0 spiro atoms. The van der Waals surface area contributed by atoms with Gasteiger partial charge < -0.3 is 20.3 Å². The quantitative estimate of drug-likeness (QED) is 0.753. The zero-order chi connectivity index (χ0) is 18.4. The van der Waals surface area contributed by atoms with E-state index in [0.717, 1.165) is 5.56 Å². The molecule has 2 saturated heterocycles. The molecule has 2 aliphatic heterocycles. The van der Waals surface area contributed by atoms with Gasteiger partial charge in [-0.2, -0.15) is 0 Å². The molecule has 0 saturated carbocycles. The highest BCUT2D eigenvalue weighted by atomic mass is 32.2. The second-order valence-electron chi connectivity index (χ2n) is 6.79. The number of hydrogen-bond donors (Lipinski definition) is 2. The Kier molecular flexibility index (Phi) is 6.93. The van der Waals surface area contributed by atoms with Gasteiger partial charge in [-0.25, -0.2) is 0 Å². The van der Waals surface area contributed by atoms with Gasteiger partial charge in [0.25, 0.3) is 0 Å². The van der Waals surface area contributed by atoms with Crippen molar-refractivity contribution in [2.45, 2.75) is 17.9 Å². The molecule has 142 valence electrons. The zero-order valence-electron chi connectivity index (χ0n) is 15.2. The molecule has 2 amide bonds. The molecule has 6 nitrogen and oxygen atoms in total. The lowest BCUT2D eigenvalue weighted by Gasteiger charge is -2.34. The summed E-state index contributed by atoms with van der Waals surface area (Å²) >= 11 is 1.69. The molecule has 0 bridgehead atoms. The number of nitrogens with one attached hydrogen (secondary N) is 2. The van der Waals surface area contributed by atoms with Gasteiger partial charge in [-0.1, -0.05) is 12.1 Å². The number of rotatable bonds is 5. The summed E-state index contributed by atoms with van der Waals surface area (Å²) in [4.78, 5) is 28.3. The Balaban J connectivity index is 1.51. The fourth-order valence-electron chi connectivity index (χ4n) is 3.49. The number of morpholine rings is 1. The minimum Gasteiger partial charge on any atom is -0.378 e. The Labute approximate surface area is 159 Å². The van der Waals surface area contributed by atoms with Gasteiger partial charge in [0.15, 0.2) is 0 Å². The average Bonchev–Trinajstić information content (AvgIpc) is 2.72. The second-order valence-corrected chi connectivity index (χ2v) is 7.67. The zero-order valence-corrected chi connectivity index (χ0v) is 16.0. The third-order valence-electron chi connectivity index (χ3n) is 4.99. The molecule has 2 N–H and O–H groups in total. The summed E-state index contributed by atoms with van der Waals surface area (Å²) in [6.45, 7) is 4.30. The van der Waals surface area contributed by atoms with E-state index in [-0.39, 0.29) is 23.7 Å². The molecule has 1 aromatic carbocycles. The van der Waals surface area contributed by atoms with Crippen LogP contribution in [0.1, 0.15) is 12.0 Å². The normalized spacial score (nSPS) is 23.5. The minimum atomic E-state index is -0.164. The van der Waals surface area contributed by atoms with Gasteiger partial charge >= 0.3 is 0 Å². The average molecular weight is 378 g/mol. The number of carbonyl (C=O) groups excluding carboxylic acids is 2.